The number of piperazine rings is 1. The quantitative estimate of drug-likeness (QED) is 0.654. The molecule has 0 spiro atoms. The second kappa shape index (κ2) is 7.91. The van der Waals surface area contributed by atoms with Crippen molar-refractivity contribution in [1.29, 1.82) is 0 Å². The summed E-state index contributed by atoms with van der Waals surface area (Å²) in [6.45, 7) is 1.80. The zero-order chi connectivity index (χ0) is 19.4. The lowest BCUT2D eigenvalue weighted by atomic mass is 10.2. The maximum atomic E-state index is 12.6. The van der Waals surface area contributed by atoms with Gasteiger partial charge >= 0.3 is 0 Å². The molecule has 1 saturated heterocycles. The van der Waals surface area contributed by atoms with Gasteiger partial charge in [-0.1, -0.05) is 53.6 Å². The number of hydrogen-bond donors (Lipinski definition) is 0. The minimum atomic E-state index is -3.47. The third kappa shape index (κ3) is 3.95. The van der Waals surface area contributed by atoms with Crippen LogP contribution >= 0.6 is 0 Å². The predicted octanol–water partition coefficient (Wildman–Crippen LogP) is 1.79. The maximum Gasteiger partial charge on any atom is 0.250 e. The van der Waals surface area contributed by atoms with Crippen LogP contribution in [0.4, 0.5) is 5.95 Å². The predicted molar refractivity (Wildman–Crippen MR) is 107 cm³/mol. The Morgan fingerprint density at radius 1 is 0.857 bits per heavy atom. The Bertz CT molecular complexity index is 1040. The number of benzene rings is 2. The number of rotatable bonds is 5. The minimum Gasteiger partial charge on any atom is -0.337 e. The molecule has 28 heavy (non-hydrogen) atoms. The molecule has 0 N–H and O–H groups in total. The number of hydrogen-bond acceptors (Lipinski definition) is 6. The number of aromatic nitrogens is 4. The van der Waals surface area contributed by atoms with Crippen molar-refractivity contribution in [3.8, 4) is 5.69 Å². The highest BCUT2D eigenvalue weighted by Gasteiger charge is 2.27. The van der Waals surface area contributed by atoms with Crippen molar-refractivity contribution in [2.24, 2.45) is 0 Å². The van der Waals surface area contributed by atoms with E-state index in [1.165, 1.54) is 9.71 Å². The summed E-state index contributed by atoms with van der Waals surface area (Å²) in [4.78, 5) is 2.00. The molecule has 144 valence electrons. The molecule has 0 aliphatic carbocycles. The third-order valence-electron chi connectivity index (χ3n) is 4.57. The van der Waals surface area contributed by atoms with Crippen molar-refractivity contribution in [2.45, 2.75) is 0 Å². The molecular weight excluding hydrogens is 376 g/mol. The molecule has 2 aromatic carbocycles. The first-order valence-electron chi connectivity index (χ1n) is 8.95. The lowest BCUT2D eigenvalue weighted by Crippen LogP contribution is -2.48. The van der Waals surface area contributed by atoms with E-state index in [-0.39, 0.29) is 0 Å². The van der Waals surface area contributed by atoms with E-state index in [1.807, 2.05) is 65.6 Å². The fourth-order valence-electron chi connectivity index (χ4n) is 3.07. The average Bonchev–Trinajstić information content (AvgIpc) is 3.24. The standard InChI is InChI=1S/C19H20N6O2S/c26-28(27,16-11-17-7-3-1-4-8-17)24-14-12-23(13-15-24)19-20-21-22-25(19)18-9-5-2-6-10-18/h1-11,16H,12-15H2. The largest absolute Gasteiger partial charge is 0.337 e. The zero-order valence-electron chi connectivity index (χ0n) is 15.2. The number of para-hydroxylation sites is 1. The molecule has 2 heterocycles. The summed E-state index contributed by atoms with van der Waals surface area (Å²) >= 11 is 0. The van der Waals surface area contributed by atoms with Crippen molar-refractivity contribution in [3.63, 3.8) is 0 Å². The normalized spacial score (nSPS) is 15.9. The van der Waals surface area contributed by atoms with Crippen LogP contribution in [0.3, 0.4) is 0 Å². The highest BCUT2D eigenvalue weighted by atomic mass is 32.2. The van der Waals surface area contributed by atoms with Crippen LogP contribution in [0.2, 0.25) is 0 Å². The molecule has 0 unspecified atom stereocenters. The van der Waals surface area contributed by atoms with E-state index in [0.717, 1.165) is 11.3 Å². The first-order valence-corrected chi connectivity index (χ1v) is 10.5. The van der Waals surface area contributed by atoms with Crippen molar-refractivity contribution < 1.29 is 8.42 Å². The van der Waals surface area contributed by atoms with Crippen LogP contribution < -0.4 is 4.90 Å². The Morgan fingerprint density at radius 2 is 1.50 bits per heavy atom. The molecule has 1 aliphatic rings. The lowest BCUT2D eigenvalue weighted by molar-refractivity contribution is 0.386. The Balaban J connectivity index is 1.44. The van der Waals surface area contributed by atoms with E-state index in [2.05, 4.69) is 15.5 Å². The first-order chi connectivity index (χ1) is 13.6. The molecule has 0 bridgehead atoms. The lowest BCUT2D eigenvalue weighted by Gasteiger charge is -2.33. The van der Waals surface area contributed by atoms with E-state index in [1.54, 1.807) is 10.8 Å². The van der Waals surface area contributed by atoms with Crippen molar-refractivity contribution in [2.75, 3.05) is 31.1 Å². The van der Waals surface area contributed by atoms with Crippen LogP contribution in [0.5, 0.6) is 0 Å². The van der Waals surface area contributed by atoms with Crippen LogP contribution in [0.15, 0.2) is 66.1 Å². The van der Waals surface area contributed by atoms with Crippen LogP contribution in [0.1, 0.15) is 5.56 Å². The van der Waals surface area contributed by atoms with Gasteiger partial charge in [-0.3, -0.25) is 0 Å². The molecule has 1 aromatic heterocycles. The zero-order valence-corrected chi connectivity index (χ0v) is 16.0. The summed E-state index contributed by atoms with van der Waals surface area (Å²) in [5, 5.41) is 13.2. The van der Waals surface area contributed by atoms with Gasteiger partial charge in [-0.25, -0.2) is 8.42 Å². The molecule has 9 heteroatoms. The van der Waals surface area contributed by atoms with E-state index in [9.17, 15) is 8.42 Å². The second-order valence-electron chi connectivity index (χ2n) is 6.37. The average molecular weight is 396 g/mol. The van der Waals surface area contributed by atoms with Gasteiger partial charge in [0.25, 0.3) is 0 Å². The smallest absolute Gasteiger partial charge is 0.250 e. The maximum absolute atomic E-state index is 12.6. The summed E-state index contributed by atoms with van der Waals surface area (Å²) in [6.07, 6.45) is 1.62. The molecule has 1 aliphatic heterocycles. The Labute approximate surface area is 163 Å². The molecule has 1 fully saturated rings. The summed E-state index contributed by atoms with van der Waals surface area (Å²) in [6, 6.07) is 19.0. The van der Waals surface area contributed by atoms with Crippen molar-refractivity contribution in [3.05, 3.63) is 71.6 Å². The molecule has 0 radical (unpaired) electrons. The summed E-state index contributed by atoms with van der Waals surface area (Å²) in [5.74, 6) is 0.614. The number of sulfonamides is 1. The van der Waals surface area contributed by atoms with E-state index in [0.29, 0.717) is 32.1 Å². The first kappa shape index (κ1) is 18.3. The van der Waals surface area contributed by atoms with Gasteiger partial charge in [-0.05, 0) is 34.2 Å². The van der Waals surface area contributed by atoms with E-state index >= 15 is 0 Å². The van der Waals surface area contributed by atoms with Crippen LogP contribution in [0, 0.1) is 0 Å². The monoisotopic (exact) mass is 396 g/mol. The molecule has 3 aromatic rings. The molecule has 0 atom stereocenters. The highest BCUT2D eigenvalue weighted by Crippen LogP contribution is 2.18. The fraction of sp³-hybridized carbons (Fsp3) is 0.211. The van der Waals surface area contributed by atoms with Gasteiger partial charge in [0.05, 0.1) is 5.69 Å². The Hall–Kier alpha value is -3.04. The Morgan fingerprint density at radius 3 is 2.18 bits per heavy atom. The van der Waals surface area contributed by atoms with E-state index in [4.69, 9.17) is 0 Å². The topological polar surface area (TPSA) is 84.2 Å². The van der Waals surface area contributed by atoms with Gasteiger partial charge in [0.1, 0.15) is 0 Å². The molecular formula is C19H20N6O2S. The van der Waals surface area contributed by atoms with Gasteiger partial charge in [0.2, 0.25) is 16.0 Å². The molecule has 0 amide bonds. The summed E-state index contributed by atoms with van der Waals surface area (Å²) in [7, 11) is -3.47. The van der Waals surface area contributed by atoms with Crippen LogP contribution in [0.25, 0.3) is 11.8 Å². The molecule has 8 nitrogen and oxygen atoms in total. The fourth-order valence-corrected chi connectivity index (χ4v) is 4.25. The van der Waals surface area contributed by atoms with E-state index < -0.39 is 10.0 Å². The number of anilines is 1. The summed E-state index contributed by atoms with van der Waals surface area (Å²) in [5.41, 5.74) is 1.72. The SMILES string of the molecule is O=S(=O)(C=Cc1ccccc1)N1CCN(c2nnnn2-c2ccccc2)CC1. The molecule has 0 saturated carbocycles. The van der Waals surface area contributed by atoms with Crippen LogP contribution in [-0.2, 0) is 10.0 Å². The summed E-state index contributed by atoms with van der Waals surface area (Å²) < 4.78 is 28.4. The minimum absolute atomic E-state index is 0.378. The number of tetrazole rings is 1. The van der Waals surface area contributed by atoms with Gasteiger partial charge < -0.3 is 4.90 Å². The van der Waals surface area contributed by atoms with Crippen molar-refractivity contribution >= 4 is 22.0 Å². The van der Waals surface area contributed by atoms with Crippen molar-refractivity contribution in [1.82, 2.24) is 24.5 Å². The molecule has 4 rings (SSSR count). The van der Waals surface area contributed by atoms with Crippen LogP contribution in [-0.4, -0.2) is 59.1 Å². The number of nitrogens with zero attached hydrogens (tertiary/aromatic N) is 6. The Kier molecular flexibility index (Phi) is 5.18. The van der Waals surface area contributed by atoms with Gasteiger partial charge in [-0.15, -0.1) is 0 Å². The van der Waals surface area contributed by atoms with Gasteiger partial charge in [0.15, 0.2) is 0 Å². The van der Waals surface area contributed by atoms with Gasteiger partial charge in [0, 0.05) is 31.6 Å². The third-order valence-corrected chi connectivity index (χ3v) is 6.13. The highest BCUT2D eigenvalue weighted by molar-refractivity contribution is 7.92. The van der Waals surface area contributed by atoms with Gasteiger partial charge in [-0.2, -0.15) is 8.99 Å². The second-order valence-corrected chi connectivity index (χ2v) is 8.19.